The van der Waals surface area contributed by atoms with Crippen LogP contribution in [0.5, 0.6) is 17.2 Å². The summed E-state index contributed by atoms with van der Waals surface area (Å²) in [6.45, 7) is 2.41. The van der Waals surface area contributed by atoms with Gasteiger partial charge in [-0.05, 0) is 36.6 Å². The van der Waals surface area contributed by atoms with Crippen molar-refractivity contribution in [3.05, 3.63) is 17.7 Å². The first-order valence-corrected chi connectivity index (χ1v) is 9.27. The Labute approximate surface area is 130 Å². The van der Waals surface area contributed by atoms with Crippen LogP contribution in [0.4, 0.5) is 0 Å². The molecule has 1 fully saturated rings. The Morgan fingerprint density at radius 1 is 1.32 bits per heavy atom. The maximum Gasteiger partial charge on any atom is 0.203 e. The molecule has 0 radical (unpaired) electrons. The number of benzene rings is 1. The first-order valence-electron chi connectivity index (χ1n) is 7.45. The number of rotatable bonds is 5. The van der Waals surface area contributed by atoms with Crippen LogP contribution in [0.2, 0.25) is 0 Å². The van der Waals surface area contributed by atoms with Crippen LogP contribution < -0.4 is 19.5 Å². The van der Waals surface area contributed by atoms with E-state index in [2.05, 4.69) is 5.32 Å². The number of ether oxygens (including phenoxy) is 3. The predicted molar refractivity (Wildman–Crippen MR) is 82.5 cm³/mol. The Morgan fingerprint density at radius 2 is 2.14 bits per heavy atom. The van der Waals surface area contributed by atoms with Crippen molar-refractivity contribution in [3.8, 4) is 17.2 Å². The van der Waals surface area contributed by atoms with Crippen LogP contribution in [-0.2, 0) is 16.4 Å². The van der Waals surface area contributed by atoms with E-state index >= 15 is 0 Å². The molecule has 2 aliphatic heterocycles. The molecule has 1 N–H and O–H groups in total. The molecule has 22 heavy (non-hydrogen) atoms. The molecule has 0 bridgehead atoms. The summed E-state index contributed by atoms with van der Waals surface area (Å²) < 4.78 is 39.4. The highest BCUT2D eigenvalue weighted by atomic mass is 32.2. The summed E-state index contributed by atoms with van der Waals surface area (Å²) in [4.78, 5) is 0. The van der Waals surface area contributed by atoms with Crippen molar-refractivity contribution >= 4 is 9.84 Å². The second kappa shape index (κ2) is 6.34. The lowest BCUT2D eigenvalue weighted by atomic mass is 10.1. The number of nitrogens with one attached hydrogen (secondary N) is 1. The van der Waals surface area contributed by atoms with E-state index in [9.17, 15) is 8.42 Å². The topological polar surface area (TPSA) is 73.9 Å². The molecule has 0 amide bonds. The number of hydrogen-bond acceptors (Lipinski definition) is 6. The molecule has 0 saturated carbocycles. The lowest BCUT2D eigenvalue weighted by Gasteiger charge is -2.21. The van der Waals surface area contributed by atoms with Gasteiger partial charge in [0.25, 0.3) is 0 Å². The fourth-order valence-corrected chi connectivity index (χ4v) is 4.74. The third kappa shape index (κ3) is 3.47. The van der Waals surface area contributed by atoms with Crippen LogP contribution >= 0.6 is 0 Å². The van der Waals surface area contributed by atoms with Crippen LogP contribution in [0.1, 0.15) is 12.0 Å². The van der Waals surface area contributed by atoms with E-state index in [1.54, 1.807) is 7.11 Å². The maximum absolute atomic E-state index is 11.4. The van der Waals surface area contributed by atoms with E-state index in [4.69, 9.17) is 14.2 Å². The fourth-order valence-electron chi connectivity index (χ4n) is 2.88. The average molecular weight is 327 g/mol. The summed E-state index contributed by atoms with van der Waals surface area (Å²) in [5.41, 5.74) is 1.03. The standard InChI is InChI=1S/C15H21NO5S/c1-19-13-6-12(7-14-15(13)21-4-3-20-14)9-16-8-11-2-5-22(17,18)10-11/h6-7,11,16H,2-5,8-10H2,1H3/t11-/m1/s1. The van der Waals surface area contributed by atoms with Crippen LogP contribution in [-0.4, -0.2) is 46.8 Å². The Morgan fingerprint density at radius 3 is 2.86 bits per heavy atom. The number of methoxy groups -OCH3 is 1. The number of sulfone groups is 1. The second-order valence-electron chi connectivity index (χ2n) is 5.72. The monoisotopic (exact) mass is 327 g/mol. The van der Waals surface area contributed by atoms with Crippen molar-refractivity contribution in [1.29, 1.82) is 0 Å². The van der Waals surface area contributed by atoms with Gasteiger partial charge >= 0.3 is 0 Å². The van der Waals surface area contributed by atoms with Gasteiger partial charge in [0, 0.05) is 6.54 Å². The molecule has 1 saturated heterocycles. The van der Waals surface area contributed by atoms with Crippen LogP contribution in [0.15, 0.2) is 12.1 Å². The molecule has 0 spiro atoms. The largest absolute Gasteiger partial charge is 0.493 e. The van der Waals surface area contributed by atoms with Crippen molar-refractivity contribution in [2.24, 2.45) is 5.92 Å². The van der Waals surface area contributed by atoms with Crippen molar-refractivity contribution in [1.82, 2.24) is 5.32 Å². The van der Waals surface area contributed by atoms with E-state index in [-0.39, 0.29) is 5.92 Å². The first kappa shape index (κ1) is 15.4. The van der Waals surface area contributed by atoms with Gasteiger partial charge in [0.1, 0.15) is 13.2 Å². The minimum Gasteiger partial charge on any atom is -0.493 e. The van der Waals surface area contributed by atoms with Crippen molar-refractivity contribution in [2.75, 3.05) is 38.4 Å². The Kier molecular flexibility index (Phi) is 4.44. The van der Waals surface area contributed by atoms with Gasteiger partial charge in [-0.25, -0.2) is 8.42 Å². The molecule has 122 valence electrons. The summed E-state index contributed by atoms with van der Waals surface area (Å²) in [6.07, 6.45) is 0.750. The third-order valence-electron chi connectivity index (χ3n) is 3.98. The van der Waals surface area contributed by atoms with E-state index in [0.29, 0.717) is 55.1 Å². The minimum atomic E-state index is -2.81. The highest BCUT2D eigenvalue weighted by Crippen LogP contribution is 2.40. The van der Waals surface area contributed by atoms with Crippen LogP contribution in [0.25, 0.3) is 0 Å². The van der Waals surface area contributed by atoms with Gasteiger partial charge in [-0.2, -0.15) is 0 Å². The lowest BCUT2D eigenvalue weighted by Crippen LogP contribution is -2.23. The zero-order valence-electron chi connectivity index (χ0n) is 12.6. The number of hydrogen-bond donors (Lipinski definition) is 1. The Balaban J connectivity index is 1.61. The molecular weight excluding hydrogens is 306 g/mol. The van der Waals surface area contributed by atoms with Gasteiger partial charge in [-0.1, -0.05) is 0 Å². The minimum absolute atomic E-state index is 0.212. The highest BCUT2D eigenvalue weighted by Gasteiger charge is 2.27. The molecule has 0 aliphatic carbocycles. The smallest absolute Gasteiger partial charge is 0.203 e. The number of fused-ring (bicyclic) bond motifs is 1. The van der Waals surface area contributed by atoms with Crippen molar-refractivity contribution < 1.29 is 22.6 Å². The van der Waals surface area contributed by atoms with Crippen molar-refractivity contribution in [3.63, 3.8) is 0 Å². The van der Waals surface area contributed by atoms with Crippen LogP contribution in [0.3, 0.4) is 0 Å². The normalized spacial score (nSPS) is 22.5. The quantitative estimate of drug-likeness (QED) is 0.869. The second-order valence-corrected chi connectivity index (χ2v) is 7.95. The van der Waals surface area contributed by atoms with E-state index < -0.39 is 9.84 Å². The van der Waals surface area contributed by atoms with E-state index in [1.165, 1.54) is 0 Å². The van der Waals surface area contributed by atoms with E-state index in [1.807, 2.05) is 12.1 Å². The Hall–Kier alpha value is -1.47. The summed E-state index contributed by atoms with van der Waals surface area (Å²) in [5, 5.41) is 3.32. The molecule has 3 rings (SSSR count). The molecule has 1 aromatic rings. The molecule has 0 unspecified atom stereocenters. The fraction of sp³-hybridized carbons (Fsp3) is 0.600. The van der Waals surface area contributed by atoms with Gasteiger partial charge in [0.2, 0.25) is 5.75 Å². The molecule has 2 aliphatic rings. The molecule has 6 nitrogen and oxygen atoms in total. The van der Waals surface area contributed by atoms with E-state index in [0.717, 1.165) is 12.0 Å². The third-order valence-corrected chi connectivity index (χ3v) is 5.81. The molecule has 0 aromatic heterocycles. The van der Waals surface area contributed by atoms with Crippen LogP contribution in [0, 0.1) is 5.92 Å². The zero-order valence-corrected chi connectivity index (χ0v) is 13.4. The molecule has 1 aromatic carbocycles. The van der Waals surface area contributed by atoms with Gasteiger partial charge in [0.05, 0.1) is 18.6 Å². The van der Waals surface area contributed by atoms with Gasteiger partial charge in [0.15, 0.2) is 21.3 Å². The van der Waals surface area contributed by atoms with Crippen molar-refractivity contribution in [2.45, 2.75) is 13.0 Å². The summed E-state index contributed by atoms with van der Waals surface area (Å²) in [5.74, 6) is 2.84. The summed E-state index contributed by atoms with van der Waals surface area (Å²) in [7, 11) is -1.20. The van der Waals surface area contributed by atoms with Gasteiger partial charge < -0.3 is 19.5 Å². The lowest BCUT2D eigenvalue weighted by molar-refractivity contribution is 0.165. The van der Waals surface area contributed by atoms with Gasteiger partial charge in [-0.3, -0.25) is 0 Å². The summed E-state index contributed by atoms with van der Waals surface area (Å²) in [6, 6.07) is 3.86. The predicted octanol–water partition coefficient (Wildman–Crippen LogP) is 0.991. The highest BCUT2D eigenvalue weighted by molar-refractivity contribution is 7.91. The van der Waals surface area contributed by atoms with Gasteiger partial charge in [-0.15, -0.1) is 0 Å². The Bertz CT molecular complexity index is 626. The SMILES string of the molecule is COc1cc(CNC[C@H]2CCS(=O)(=O)C2)cc2c1OCCO2. The molecular formula is C15H21NO5S. The molecule has 2 heterocycles. The average Bonchev–Trinajstić information content (AvgIpc) is 2.85. The first-order chi connectivity index (χ1) is 10.6. The molecule has 1 atom stereocenters. The molecule has 7 heteroatoms. The summed E-state index contributed by atoms with van der Waals surface area (Å²) >= 11 is 0. The maximum atomic E-state index is 11.4. The zero-order chi connectivity index (χ0) is 15.6.